The smallest absolute Gasteiger partial charge is 0.213 e. The Morgan fingerprint density at radius 3 is 2.79 bits per heavy atom. The van der Waals surface area contributed by atoms with Crippen LogP contribution in [0.15, 0.2) is 48.9 Å². The van der Waals surface area contributed by atoms with Crippen LogP contribution >= 0.6 is 0 Å². The van der Waals surface area contributed by atoms with Crippen LogP contribution in [0.1, 0.15) is 0 Å². The van der Waals surface area contributed by atoms with E-state index in [9.17, 15) is 4.39 Å². The summed E-state index contributed by atoms with van der Waals surface area (Å²) in [7, 11) is 1.54. The number of aliphatic hydroxyl groups excluding tert-OH is 1. The fourth-order valence-electron chi connectivity index (χ4n) is 2.89. The Labute approximate surface area is 159 Å². The van der Waals surface area contributed by atoms with Crippen LogP contribution in [-0.2, 0) is 0 Å². The average molecular weight is 380 g/mol. The monoisotopic (exact) mass is 380 g/mol. The van der Waals surface area contributed by atoms with Crippen molar-refractivity contribution in [3.63, 3.8) is 0 Å². The van der Waals surface area contributed by atoms with Crippen LogP contribution in [-0.4, -0.2) is 49.9 Å². The summed E-state index contributed by atoms with van der Waals surface area (Å²) >= 11 is 0. The van der Waals surface area contributed by atoms with Crippen LogP contribution in [0.5, 0.6) is 5.88 Å². The van der Waals surface area contributed by atoms with Gasteiger partial charge in [-0.25, -0.2) is 24.3 Å². The number of fused-ring (bicyclic) bond motifs is 1. The van der Waals surface area contributed by atoms with E-state index in [1.165, 1.54) is 18.5 Å². The van der Waals surface area contributed by atoms with Crippen molar-refractivity contribution < 1.29 is 14.2 Å². The third-order valence-electron chi connectivity index (χ3n) is 4.12. The van der Waals surface area contributed by atoms with Gasteiger partial charge in [0.2, 0.25) is 5.88 Å². The zero-order valence-electron chi connectivity index (χ0n) is 15.0. The van der Waals surface area contributed by atoms with E-state index in [0.29, 0.717) is 46.5 Å². The minimum absolute atomic E-state index is 0.0502. The molecule has 1 aromatic carbocycles. The highest BCUT2D eigenvalue weighted by molar-refractivity contribution is 5.88. The second kappa shape index (κ2) is 7.57. The van der Waals surface area contributed by atoms with E-state index in [2.05, 4.69) is 25.3 Å². The van der Waals surface area contributed by atoms with E-state index in [1.54, 1.807) is 36.1 Å². The second-order valence-corrected chi connectivity index (χ2v) is 5.88. The fourth-order valence-corrected chi connectivity index (χ4v) is 2.89. The van der Waals surface area contributed by atoms with Crippen molar-refractivity contribution in [2.45, 2.75) is 0 Å². The lowest BCUT2D eigenvalue weighted by Crippen LogP contribution is -2.07. The van der Waals surface area contributed by atoms with E-state index in [4.69, 9.17) is 9.84 Å². The summed E-state index contributed by atoms with van der Waals surface area (Å²) in [6.07, 6.45) is 3.04. The number of halogens is 1. The first-order valence-corrected chi connectivity index (χ1v) is 8.56. The van der Waals surface area contributed by atoms with Crippen LogP contribution in [0, 0.1) is 5.82 Å². The highest BCUT2D eigenvalue weighted by atomic mass is 19.1. The van der Waals surface area contributed by atoms with Crippen molar-refractivity contribution >= 4 is 17.0 Å². The van der Waals surface area contributed by atoms with Crippen LogP contribution < -0.4 is 10.1 Å². The molecule has 4 aromatic rings. The first kappa shape index (κ1) is 17.8. The van der Waals surface area contributed by atoms with E-state index in [0.717, 1.165) is 0 Å². The summed E-state index contributed by atoms with van der Waals surface area (Å²) in [5.74, 6) is 1.08. The van der Waals surface area contributed by atoms with Gasteiger partial charge in [-0.1, -0.05) is 12.1 Å². The minimum atomic E-state index is -0.367. The van der Waals surface area contributed by atoms with Gasteiger partial charge in [0.1, 0.15) is 18.0 Å². The number of anilines is 1. The van der Waals surface area contributed by atoms with Crippen LogP contribution in [0.3, 0.4) is 0 Å². The lowest BCUT2D eigenvalue weighted by Gasteiger charge is -2.09. The molecule has 3 heterocycles. The molecule has 2 N–H and O–H groups in total. The van der Waals surface area contributed by atoms with E-state index in [-0.39, 0.29) is 12.4 Å². The molecule has 142 valence electrons. The van der Waals surface area contributed by atoms with Crippen molar-refractivity contribution in [3.05, 3.63) is 54.7 Å². The summed E-state index contributed by atoms with van der Waals surface area (Å²) in [6, 6.07) is 9.72. The summed E-state index contributed by atoms with van der Waals surface area (Å²) in [6.45, 7) is 0.268. The zero-order chi connectivity index (χ0) is 19.5. The SMILES string of the molecule is COc1ccc(-n2c(-c3cccc(F)c3)nc3c(NCCO)ncnc32)cn1. The Kier molecular flexibility index (Phi) is 4.81. The van der Waals surface area contributed by atoms with Gasteiger partial charge < -0.3 is 15.2 Å². The van der Waals surface area contributed by atoms with Gasteiger partial charge in [0.15, 0.2) is 17.0 Å². The standard InChI is InChI=1S/C19H17FN6O2/c1-28-15-6-5-14(10-22-15)26-18(12-3-2-4-13(20)9-12)25-16-17(21-7-8-27)23-11-24-19(16)26/h2-6,9-11,27H,7-8H2,1H3,(H,21,23,24). The molecule has 0 unspecified atom stereocenters. The van der Waals surface area contributed by atoms with Gasteiger partial charge in [-0.05, 0) is 18.2 Å². The fraction of sp³-hybridized carbons (Fsp3) is 0.158. The number of imidazole rings is 1. The van der Waals surface area contributed by atoms with E-state index in [1.807, 2.05) is 6.07 Å². The number of hydrogen-bond acceptors (Lipinski definition) is 7. The zero-order valence-corrected chi connectivity index (χ0v) is 15.0. The molecule has 0 atom stereocenters. The molecule has 4 rings (SSSR count). The molecule has 0 amide bonds. The average Bonchev–Trinajstić information content (AvgIpc) is 3.12. The number of ether oxygens (including phenoxy) is 1. The van der Waals surface area contributed by atoms with E-state index >= 15 is 0 Å². The molecule has 3 aromatic heterocycles. The summed E-state index contributed by atoms with van der Waals surface area (Å²) in [5.41, 5.74) is 2.31. The Hall–Kier alpha value is -3.59. The van der Waals surface area contributed by atoms with Crippen molar-refractivity contribution in [3.8, 4) is 23.0 Å². The Balaban J connectivity index is 1.97. The number of rotatable bonds is 6. The number of methoxy groups -OCH3 is 1. The van der Waals surface area contributed by atoms with Crippen molar-refractivity contribution in [1.29, 1.82) is 0 Å². The molecule has 0 aliphatic rings. The van der Waals surface area contributed by atoms with Crippen molar-refractivity contribution in [2.24, 2.45) is 0 Å². The number of benzene rings is 1. The quantitative estimate of drug-likeness (QED) is 0.530. The van der Waals surface area contributed by atoms with E-state index < -0.39 is 0 Å². The molecule has 0 aliphatic carbocycles. The molecular formula is C19H17FN6O2. The maximum atomic E-state index is 13.9. The molecule has 0 saturated heterocycles. The number of aliphatic hydroxyl groups is 1. The highest BCUT2D eigenvalue weighted by Crippen LogP contribution is 2.30. The first-order valence-electron chi connectivity index (χ1n) is 8.56. The molecule has 0 saturated carbocycles. The van der Waals surface area contributed by atoms with Crippen LogP contribution in [0.2, 0.25) is 0 Å². The molecular weight excluding hydrogens is 363 g/mol. The maximum absolute atomic E-state index is 13.9. The largest absolute Gasteiger partial charge is 0.481 e. The molecule has 8 nitrogen and oxygen atoms in total. The van der Waals surface area contributed by atoms with Gasteiger partial charge in [0, 0.05) is 18.2 Å². The number of pyridine rings is 1. The lowest BCUT2D eigenvalue weighted by atomic mass is 10.2. The number of aromatic nitrogens is 5. The molecule has 0 aliphatic heterocycles. The van der Waals surface area contributed by atoms with Crippen LogP contribution in [0.4, 0.5) is 10.2 Å². The van der Waals surface area contributed by atoms with Gasteiger partial charge in [-0.15, -0.1) is 0 Å². The van der Waals surface area contributed by atoms with Gasteiger partial charge in [0.25, 0.3) is 0 Å². The lowest BCUT2D eigenvalue weighted by molar-refractivity contribution is 0.311. The molecule has 0 bridgehead atoms. The topological polar surface area (TPSA) is 98.0 Å². The second-order valence-electron chi connectivity index (χ2n) is 5.88. The van der Waals surface area contributed by atoms with Gasteiger partial charge in [-0.2, -0.15) is 0 Å². The minimum Gasteiger partial charge on any atom is -0.481 e. The molecule has 0 fully saturated rings. The number of nitrogens with one attached hydrogen (secondary N) is 1. The molecule has 0 radical (unpaired) electrons. The Morgan fingerprint density at radius 2 is 2.07 bits per heavy atom. The Morgan fingerprint density at radius 1 is 1.18 bits per heavy atom. The summed E-state index contributed by atoms with van der Waals surface area (Å²) in [5, 5.41) is 12.1. The number of hydrogen-bond donors (Lipinski definition) is 2. The molecule has 9 heteroatoms. The summed E-state index contributed by atoms with van der Waals surface area (Å²) < 4.78 is 20.8. The predicted octanol–water partition coefficient (Wildman–Crippen LogP) is 2.43. The van der Waals surface area contributed by atoms with Gasteiger partial charge >= 0.3 is 0 Å². The predicted molar refractivity (Wildman–Crippen MR) is 102 cm³/mol. The maximum Gasteiger partial charge on any atom is 0.213 e. The third kappa shape index (κ3) is 3.23. The number of nitrogens with zero attached hydrogens (tertiary/aromatic N) is 5. The molecule has 0 spiro atoms. The van der Waals surface area contributed by atoms with Gasteiger partial charge in [-0.3, -0.25) is 4.57 Å². The highest BCUT2D eigenvalue weighted by Gasteiger charge is 2.19. The van der Waals surface area contributed by atoms with Gasteiger partial charge in [0.05, 0.1) is 25.6 Å². The third-order valence-corrected chi connectivity index (χ3v) is 4.12. The summed E-state index contributed by atoms with van der Waals surface area (Å²) in [4.78, 5) is 17.5. The van der Waals surface area contributed by atoms with Crippen LogP contribution in [0.25, 0.3) is 28.2 Å². The van der Waals surface area contributed by atoms with Crippen molar-refractivity contribution in [1.82, 2.24) is 24.5 Å². The molecule has 28 heavy (non-hydrogen) atoms. The Bertz CT molecular complexity index is 1110. The first-order chi connectivity index (χ1) is 13.7. The van der Waals surface area contributed by atoms with Crippen molar-refractivity contribution in [2.75, 3.05) is 25.6 Å². The normalized spacial score (nSPS) is 11.0.